The third kappa shape index (κ3) is 2.06. The molecule has 7 nitrogen and oxygen atoms in total. The predicted octanol–water partition coefficient (Wildman–Crippen LogP) is 0.812. The summed E-state index contributed by atoms with van der Waals surface area (Å²) in [5.74, 6) is -0.584. The van der Waals surface area contributed by atoms with Gasteiger partial charge in [-0.15, -0.1) is 0 Å². The lowest BCUT2D eigenvalue weighted by atomic mass is 10.3. The molecule has 8 heteroatoms. The number of carbonyl (C=O) groups is 1. The van der Waals surface area contributed by atoms with Gasteiger partial charge >= 0.3 is 5.97 Å². The Kier molecular flexibility index (Phi) is 2.80. The molecule has 0 unspecified atom stereocenters. The monoisotopic (exact) mass is 296 g/mol. The van der Waals surface area contributed by atoms with E-state index in [2.05, 4.69) is 14.4 Å². The third-order valence-electron chi connectivity index (χ3n) is 3.21. The summed E-state index contributed by atoms with van der Waals surface area (Å²) >= 11 is 0. The lowest BCUT2D eigenvalue weighted by Gasteiger charge is -2.13. The molecule has 2 aromatic rings. The molecule has 1 fully saturated rings. The Bertz CT molecular complexity index is 743. The van der Waals surface area contributed by atoms with Crippen molar-refractivity contribution in [2.75, 3.05) is 7.11 Å². The molecule has 0 bridgehead atoms. The molecule has 0 amide bonds. The number of aromatic nitrogens is 1. The molecule has 2 aromatic heterocycles. The smallest absolute Gasteiger partial charge is 0.327 e. The van der Waals surface area contributed by atoms with E-state index in [1.807, 2.05) is 0 Å². The first-order chi connectivity index (χ1) is 9.47. The van der Waals surface area contributed by atoms with Gasteiger partial charge in [0.05, 0.1) is 7.11 Å². The Morgan fingerprint density at radius 2 is 2.25 bits per heavy atom. The van der Waals surface area contributed by atoms with Crippen LogP contribution in [-0.4, -0.2) is 32.0 Å². The number of nitrogens with one attached hydrogen (secondary N) is 1. The van der Waals surface area contributed by atoms with Crippen LogP contribution < -0.4 is 4.72 Å². The highest BCUT2D eigenvalue weighted by atomic mass is 32.2. The lowest BCUT2D eigenvalue weighted by molar-refractivity contribution is -0.143. The minimum absolute atomic E-state index is 0.240. The quantitative estimate of drug-likeness (QED) is 0.838. The number of ether oxygens (including phenoxy) is 1. The number of nitrogens with zero attached hydrogens (tertiary/aromatic N) is 1. The zero-order valence-electron chi connectivity index (χ0n) is 10.6. The molecule has 1 aliphatic carbocycles. The van der Waals surface area contributed by atoms with Crippen molar-refractivity contribution in [3.8, 4) is 0 Å². The van der Waals surface area contributed by atoms with Crippen LogP contribution in [0.25, 0.3) is 11.0 Å². The number of pyridine rings is 1. The summed E-state index contributed by atoms with van der Waals surface area (Å²) in [6.45, 7) is 0. The molecule has 106 valence electrons. The second-order valence-corrected chi connectivity index (χ2v) is 6.27. The zero-order valence-corrected chi connectivity index (χ0v) is 11.4. The highest BCUT2D eigenvalue weighted by Crippen LogP contribution is 2.38. The van der Waals surface area contributed by atoms with Crippen molar-refractivity contribution in [2.45, 2.75) is 23.5 Å². The first kappa shape index (κ1) is 13.1. The van der Waals surface area contributed by atoms with Gasteiger partial charge in [0.25, 0.3) is 10.0 Å². The molecule has 3 rings (SSSR count). The Balaban J connectivity index is 1.94. The van der Waals surface area contributed by atoms with E-state index in [-0.39, 0.29) is 5.09 Å². The molecule has 0 aliphatic heterocycles. The zero-order chi connectivity index (χ0) is 14.4. The number of carbonyl (C=O) groups excluding carboxylic acids is 1. The first-order valence-corrected chi connectivity index (χ1v) is 7.41. The molecule has 0 spiro atoms. The number of furan rings is 1. The Morgan fingerprint density at radius 3 is 2.85 bits per heavy atom. The van der Waals surface area contributed by atoms with E-state index < -0.39 is 21.5 Å². The second-order valence-electron chi connectivity index (χ2n) is 4.66. The number of sulfonamides is 1. The van der Waals surface area contributed by atoms with Gasteiger partial charge in [0.15, 0.2) is 0 Å². The highest BCUT2D eigenvalue weighted by molar-refractivity contribution is 7.89. The lowest BCUT2D eigenvalue weighted by Crippen LogP contribution is -2.43. The fourth-order valence-corrected chi connectivity index (χ4v) is 3.35. The fraction of sp³-hybridized carbons (Fsp3) is 0.333. The molecular weight excluding hydrogens is 284 g/mol. The van der Waals surface area contributed by atoms with Gasteiger partial charge in [-0.2, -0.15) is 4.72 Å². The molecule has 1 aliphatic rings. The van der Waals surface area contributed by atoms with Crippen LogP contribution in [-0.2, 0) is 19.6 Å². The van der Waals surface area contributed by atoms with E-state index >= 15 is 0 Å². The maximum atomic E-state index is 12.2. The average Bonchev–Trinajstić information content (AvgIpc) is 3.05. The van der Waals surface area contributed by atoms with Gasteiger partial charge in [-0.3, -0.25) is 9.78 Å². The van der Waals surface area contributed by atoms with E-state index in [1.54, 1.807) is 6.07 Å². The number of hydrogen-bond donors (Lipinski definition) is 1. The third-order valence-corrected chi connectivity index (χ3v) is 4.61. The van der Waals surface area contributed by atoms with Crippen LogP contribution in [0.15, 0.2) is 34.0 Å². The molecule has 0 saturated heterocycles. The van der Waals surface area contributed by atoms with E-state index in [1.165, 1.54) is 25.6 Å². The van der Waals surface area contributed by atoms with Crippen molar-refractivity contribution in [2.24, 2.45) is 0 Å². The summed E-state index contributed by atoms with van der Waals surface area (Å²) in [6, 6.07) is 2.94. The molecule has 0 aromatic carbocycles. The van der Waals surface area contributed by atoms with Crippen LogP contribution in [0.2, 0.25) is 0 Å². The van der Waals surface area contributed by atoms with Gasteiger partial charge in [-0.25, -0.2) is 8.42 Å². The van der Waals surface area contributed by atoms with Gasteiger partial charge in [0.1, 0.15) is 11.1 Å². The Labute approximate surface area is 115 Å². The maximum Gasteiger partial charge on any atom is 0.327 e. The summed E-state index contributed by atoms with van der Waals surface area (Å²) in [5.41, 5.74) is -0.728. The van der Waals surface area contributed by atoms with Crippen LogP contribution in [0, 0.1) is 0 Å². The Hall–Kier alpha value is -1.93. The van der Waals surface area contributed by atoms with Crippen molar-refractivity contribution in [3.63, 3.8) is 0 Å². The van der Waals surface area contributed by atoms with E-state index in [0.29, 0.717) is 23.8 Å². The number of rotatable bonds is 4. The molecule has 1 N–H and O–H groups in total. The average molecular weight is 296 g/mol. The van der Waals surface area contributed by atoms with Crippen LogP contribution in [0.1, 0.15) is 12.8 Å². The van der Waals surface area contributed by atoms with Gasteiger partial charge < -0.3 is 9.15 Å². The summed E-state index contributed by atoms with van der Waals surface area (Å²) in [5, 5.41) is 0.339. The van der Waals surface area contributed by atoms with E-state index in [9.17, 15) is 13.2 Å². The van der Waals surface area contributed by atoms with Crippen molar-refractivity contribution in [3.05, 3.63) is 24.5 Å². The predicted molar refractivity (Wildman–Crippen MR) is 68.3 cm³/mol. The van der Waals surface area contributed by atoms with Crippen LogP contribution in [0.3, 0.4) is 0 Å². The van der Waals surface area contributed by atoms with Crippen molar-refractivity contribution >= 4 is 27.0 Å². The topological polar surface area (TPSA) is 98.5 Å². The number of methoxy groups -OCH3 is 1. The molecule has 1 saturated carbocycles. The van der Waals surface area contributed by atoms with Crippen LogP contribution >= 0.6 is 0 Å². The second kappa shape index (κ2) is 4.29. The molecular formula is C12H12N2O5S. The van der Waals surface area contributed by atoms with Gasteiger partial charge in [-0.1, -0.05) is 0 Å². The largest absolute Gasteiger partial charge is 0.468 e. The van der Waals surface area contributed by atoms with Crippen LogP contribution in [0.4, 0.5) is 0 Å². The molecule has 20 heavy (non-hydrogen) atoms. The maximum absolute atomic E-state index is 12.2. The van der Waals surface area contributed by atoms with Crippen molar-refractivity contribution < 1.29 is 22.4 Å². The SMILES string of the molecule is COC(=O)C1(NS(=O)(=O)c2cc3cnccc3o2)CC1. The normalized spacial score (nSPS) is 17.1. The highest BCUT2D eigenvalue weighted by Gasteiger charge is 2.54. The molecule has 2 heterocycles. The number of fused-ring (bicyclic) bond motifs is 1. The first-order valence-electron chi connectivity index (χ1n) is 5.93. The van der Waals surface area contributed by atoms with Crippen LogP contribution in [0.5, 0.6) is 0 Å². The van der Waals surface area contributed by atoms with Crippen molar-refractivity contribution in [1.29, 1.82) is 0 Å². The number of esters is 1. The number of hydrogen-bond acceptors (Lipinski definition) is 6. The minimum atomic E-state index is -3.92. The fourth-order valence-electron chi connectivity index (χ4n) is 1.97. The summed E-state index contributed by atoms with van der Waals surface area (Å²) in [6.07, 6.45) is 3.85. The van der Waals surface area contributed by atoms with Gasteiger partial charge in [0.2, 0.25) is 5.09 Å². The summed E-state index contributed by atoms with van der Waals surface area (Å²) < 4.78 is 36.7. The summed E-state index contributed by atoms with van der Waals surface area (Å²) in [4.78, 5) is 15.5. The summed E-state index contributed by atoms with van der Waals surface area (Å²) in [7, 11) is -2.69. The Morgan fingerprint density at radius 1 is 1.50 bits per heavy atom. The molecule has 0 atom stereocenters. The van der Waals surface area contributed by atoms with Gasteiger partial charge in [0, 0.05) is 23.8 Å². The minimum Gasteiger partial charge on any atom is -0.468 e. The standard InChI is InChI=1S/C12H12N2O5S/c1-18-11(15)12(3-4-12)14-20(16,17)10-6-8-7-13-5-2-9(8)19-10/h2,5-7,14H,3-4H2,1H3. The van der Waals surface area contributed by atoms with E-state index in [0.717, 1.165) is 0 Å². The van der Waals surface area contributed by atoms with Gasteiger partial charge in [-0.05, 0) is 18.9 Å². The van der Waals surface area contributed by atoms with E-state index in [4.69, 9.17) is 4.42 Å². The van der Waals surface area contributed by atoms with Crippen molar-refractivity contribution in [1.82, 2.24) is 9.71 Å². The molecule has 0 radical (unpaired) electrons.